The summed E-state index contributed by atoms with van der Waals surface area (Å²) in [4.78, 5) is 14.5. The number of fused-ring (bicyclic) bond motifs is 1. The molecule has 0 aromatic heterocycles. The summed E-state index contributed by atoms with van der Waals surface area (Å²) >= 11 is 0. The standard InChI is InChI=1S/C18H21N3O3S/c1-14-7-6-10-16-17(14)19-18(22)21(25(16,23)24)12-11-20(2)13-15-8-4-3-5-9-15/h3-10H,11-13H2,1-2H3,(H,19,22). The zero-order valence-electron chi connectivity index (χ0n) is 14.3. The van der Waals surface area contributed by atoms with Gasteiger partial charge in [0.2, 0.25) is 0 Å². The van der Waals surface area contributed by atoms with Crippen LogP contribution in [0.3, 0.4) is 0 Å². The van der Waals surface area contributed by atoms with Crippen LogP contribution in [0.15, 0.2) is 53.4 Å². The number of benzene rings is 2. The lowest BCUT2D eigenvalue weighted by Gasteiger charge is -2.30. The third kappa shape index (κ3) is 3.52. The van der Waals surface area contributed by atoms with E-state index in [2.05, 4.69) is 5.32 Å². The minimum absolute atomic E-state index is 0.102. The summed E-state index contributed by atoms with van der Waals surface area (Å²) in [6.45, 7) is 3.01. The molecule has 6 nitrogen and oxygen atoms in total. The molecule has 1 aliphatic rings. The highest BCUT2D eigenvalue weighted by Gasteiger charge is 2.36. The third-order valence-corrected chi connectivity index (χ3v) is 6.07. The maximum absolute atomic E-state index is 12.8. The van der Waals surface area contributed by atoms with E-state index in [9.17, 15) is 13.2 Å². The van der Waals surface area contributed by atoms with Gasteiger partial charge < -0.3 is 10.2 Å². The average Bonchev–Trinajstić information content (AvgIpc) is 2.56. The molecule has 7 heteroatoms. The molecule has 0 radical (unpaired) electrons. The van der Waals surface area contributed by atoms with Crippen molar-refractivity contribution in [2.75, 3.05) is 25.5 Å². The van der Waals surface area contributed by atoms with Crippen LogP contribution in [0.1, 0.15) is 11.1 Å². The fourth-order valence-electron chi connectivity index (χ4n) is 2.87. The predicted octanol–water partition coefficient (Wildman–Crippen LogP) is 2.66. The highest BCUT2D eigenvalue weighted by Crippen LogP contribution is 2.32. The van der Waals surface area contributed by atoms with E-state index in [4.69, 9.17) is 0 Å². The van der Waals surface area contributed by atoms with Gasteiger partial charge in [0.1, 0.15) is 4.90 Å². The first-order valence-electron chi connectivity index (χ1n) is 8.05. The molecule has 2 amide bonds. The SMILES string of the molecule is Cc1cccc2c1NC(=O)N(CCN(C)Cc1ccccc1)S2(=O)=O. The Hall–Kier alpha value is -2.38. The van der Waals surface area contributed by atoms with Crippen LogP contribution in [-0.2, 0) is 16.6 Å². The van der Waals surface area contributed by atoms with Gasteiger partial charge in [-0.2, -0.15) is 0 Å². The van der Waals surface area contributed by atoms with Gasteiger partial charge in [0.05, 0.1) is 12.2 Å². The molecular formula is C18H21N3O3S. The second-order valence-corrected chi connectivity index (χ2v) is 8.01. The maximum atomic E-state index is 12.8. The molecule has 1 heterocycles. The molecule has 0 saturated heterocycles. The summed E-state index contributed by atoms with van der Waals surface area (Å²) in [6, 6.07) is 14.3. The number of sulfonamides is 1. The highest BCUT2D eigenvalue weighted by molar-refractivity contribution is 7.90. The van der Waals surface area contributed by atoms with E-state index in [0.717, 1.165) is 15.4 Å². The quantitative estimate of drug-likeness (QED) is 0.891. The van der Waals surface area contributed by atoms with E-state index >= 15 is 0 Å². The summed E-state index contributed by atoms with van der Waals surface area (Å²) < 4.78 is 26.5. The Morgan fingerprint density at radius 3 is 2.52 bits per heavy atom. The molecular weight excluding hydrogens is 338 g/mol. The normalized spacial score (nSPS) is 15.8. The van der Waals surface area contributed by atoms with E-state index < -0.39 is 16.1 Å². The van der Waals surface area contributed by atoms with Crippen molar-refractivity contribution in [1.29, 1.82) is 0 Å². The Bertz CT molecular complexity index is 882. The zero-order chi connectivity index (χ0) is 18.0. The summed E-state index contributed by atoms with van der Waals surface area (Å²) in [5.41, 5.74) is 2.24. The lowest BCUT2D eigenvalue weighted by atomic mass is 10.2. The Labute approximate surface area is 148 Å². The number of likely N-dealkylation sites (N-methyl/N-ethyl adjacent to an activating group) is 1. The molecule has 25 heavy (non-hydrogen) atoms. The number of hydrogen-bond acceptors (Lipinski definition) is 4. The Kier molecular flexibility index (Phi) is 4.78. The zero-order valence-corrected chi connectivity index (χ0v) is 15.1. The van der Waals surface area contributed by atoms with Gasteiger partial charge >= 0.3 is 6.03 Å². The Morgan fingerprint density at radius 1 is 1.08 bits per heavy atom. The van der Waals surface area contributed by atoms with Gasteiger partial charge in [0.15, 0.2) is 0 Å². The van der Waals surface area contributed by atoms with Crippen molar-refractivity contribution in [1.82, 2.24) is 9.21 Å². The van der Waals surface area contributed by atoms with Gasteiger partial charge in [-0.3, -0.25) is 0 Å². The molecule has 0 unspecified atom stereocenters. The van der Waals surface area contributed by atoms with Crippen LogP contribution in [0.25, 0.3) is 0 Å². The van der Waals surface area contributed by atoms with Gasteiger partial charge in [-0.05, 0) is 31.2 Å². The highest BCUT2D eigenvalue weighted by atomic mass is 32.2. The summed E-state index contributed by atoms with van der Waals surface area (Å²) in [5.74, 6) is 0. The molecule has 0 saturated carbocycles. The van der Waals surface area contributed by atoms with Gasteiger partial charge in [0.25, 0.3) is 10.0 Å². The Balaban J connectivity index is 1.73. The number of anilines is 1. The van der Waals surface area contributed by atoms with E-state index in [-0.39, 0.29) is 11.4 Å². The third-order valence-electron chi connectivity index (χ3n) is 4.24. The minimum atomic E-state index is -3.83. The molecule has 0 fully saturated rings. The minimum Gasteiger partial charge on any atom is -0.305 e. The van der Waals surface area contributed by atoms with Crippen LogP contribution in [0.5, 0.6) is 0 Å². The summed E-state index contributed by atoms with van der Waals surface area (Å²) in [5, 5.41) is 2.70. The number of para-hydroxylation sites is 1. The average molecular weight is 359 g/mol. The molecule has 0 atom stereocenters. The number of carbonyl (C=O) groups excluding carboxylic acids is 1. The van der Waals surface area contributed by atoms with Crippen molar-refractivity contribution in [2.24, 2.45) is 0 Å². The number of aryl methyl sites for hydroxylation is 1. The number of carbonyl (C=O) groups is 1. The van der Waals surface area contributed by atoms with Crippen molar-refractivity contribution >= 4 is 21.7 Å². The summed E-state index contributed by atoms with van der Waals surface area (Å²) in [7, 11) is -1.93. The van der Waals surface area contributed by atoms with Gasteiger partial charge in [-0.25, -0.2) is 17.5 Å². The molecule has 132 valence electrons. The van der Waals surface area contributed by atoms with Crippen molar-refractivity contribution in [3.63, 3.8) is 0 Å². The van der Waals surface area contributed by atoms with Crippen LogP contribution in [0.4, 0.5) is 10.5 Å². The number of nitrogens with zero attached hydrogens (tertiary/aromatic N) is 2. The smallest absolute Gasteiger partial charge is 0.305 e. The predicted molar refractivity (Wildman–Crippen MR) is 96.9 cm³/mol. The molecule has 3 rings (SSSR count). The molecule has 1 aliphatic heterocycles. The van der Waals surface area contributed by atoms with Crippen molar-refractivity contribution in [3.8, 4) is 0 Å². The largest absolute Gasteiger partial charge is 0.335 e. The number of nitrogens with one attached hydrogen (secondary N) is 1. The lowest BCUT2D eigenvalue weighted by molar-refractivity contribution is 0.227. The van der Waals surface area contributed by atoms with Crippen LogP contribution in [0, 0.1) is 6.92 Å². The number of amides is 2. The lowest BCUT2D eigenvalue weighted by Crippen LogP contribution is -2.47. The monoisotopic (exact) mass is 359 g/mol. The first kappa shape index (κ1) is 17.4. The number of rotatable bonds is 5. The second-order valence-electron chi connectivity index (χ2n) is 6.18. The van der Waals surface area contributed by atoms with E-state index in [0.29, 0.717) is 18.8 Å². The van der Waals surface area contributed by atoms with Gasteiger partial charge in [0, 0.05) is 13.1 Å². The molecule has 0 aliphatic carbocycles. The van der Waals surface area contributed by atoms with E-state index in [1.807, 2.05) is 42.3 Å². The molecule has 0 spiro atoms. The van der Waals surface area contributed by atoms with Crippen LogP contribution >= 0.6 is 0 Å². The first-order chi connectivity index (χ1) is 11.9. The fraction of sp³-hybridized carbons (Fsp3) is 0.278. The molecule has 2 aromatic rings. The number of urea groups is 1. The topological polar surface area (TPSA) is 69.7 Å². The first-order valence-corrected chi connectivity index (χ1v) is 9.49. The fourth-order valence-corrected chi connectivity index (χ4v) is 4.41. The van der Waals surface area contributed by atoms with E-state index in [1.54, 1.807) is 19.1 Å². The van der Waals surface area contributed by atoms with Crippen molar-refractivity contribution < 1.29 is 13.2 Å². The molecule has 0 bridgehead atoms. The van der Waals surface area contributed by atoms with Crippen LogP contribution in [0.2, 0.25) is 0 Å². The molecule has 2 aromatic carbocycles. The van der Waals surface area contributed by atoms with E-state index in [1.165, 1.54) is 6.07 Å². The second kappa shape index (κ2) is 6.85. The van der Waals surface area contributed by atoms with Crippen LogP contribution < -0.4 is 5.32 Å². The van der Waals surface area contributed by atoms with Crippen LogP contribution in [-0.4, -0.2) is 43.8 Å². The van der Waals surface area contributed by atoms with Crippen molar-refractivity contribution in [2.45, 2.75) is 18.4 Å². The summed E-state index contributed by atoms with van der Waals surface area (Å²) in [6.07, 6.45) is 0. The van der Waals surface area contributed by atoms with Gasteiger partial charge in [-0.1, -0.05) is 42.5 Å². The Morgan fingerprint density at radius 2 is 1.80 bits per heavy atom. The number of hydrogen-bond donors (Lipinski definition) is 1. The molecule has 1 N–H and O–H groups in total. The maximum Gasteiger partial charge on any atom is 0.335 e. The van der Waals surface area contributed by atoms with Crippen molar-refractivity contribution in [3.05, 3.63) is 59.7 Å². The van der Waals surface area contributed by atoms with Gasteiger partial charge in [-0.15, -0.1) is 0 Å².